The SMILES string of the molecule is CC[C@@H]1CO[C@@H](C)CN1Cn1nc(-c2ccncc2)n(-c2ccc(F)cc2)c1=S. The summed E-state index contributed by atoms with van der Waals surface area (Å²) in [5.74, 6) is 0.421. The molecule has 1 saturated heterocycles. The van der Waals surface area contributed by atoms with Gasteiger partial charge in [-0.05, 0) is 62.0 Å². The molecule has 0 radical (unpaired) electrons. The second-order valence-corrected chi connectivity index (χ2v) is 7.64. The largest absolute Gasteiger partial charge is 0.376 e. The molecule has 4 rings (SSSR count). The van der Waals surface area contributed by atoms with Gasteiger partial charge in [-0.25, -0.2) is 9.07 Å². The first-order valence-corrected chi connectivity index (χ1v) is 10.2. The topological polar surface area (TPSA) is 48.1 Å². The highest BCUT2D eigenvalue weighted by Gasteiger charge is 2.27. The molecule has 0 spiro atoms. The van der Waals surface area contributed by atoms with Gasteiger partial charge in [-0.1, -0.05) is 6.92 Å². The van der Waals surface area contributed by atoms with Crippen LogP contribution in [0.1, 0.15) is 20.3 Å². The van der Waals surface area contributed by atoms with E-state index in [4.69, 9.17) is 22.1 Å². The Bertz CT molecular complexity index is 1020. The van der Waals surface area contributed by atoms with Gasteiger partial charge >= 0.3 is 0 Å². The molecule has 0 amide bonds. The van der Waals surface area contributed by atoms with Crippen molar-refractivity contribution in [3.05, 3.63) is 59.4 Å². The van der Waals surface area contributed by atoms with Crippen LogP contribution in [0.3, 0.4) is 0 Å². The van der Waals surface area contributed by atoms with Crippen LogP contribution in [0, 0.1) is 10.6 Å². The van der Waals surface area contributed by atoms with Crippen molar-refractivity contribution in [3.8, 4) is 17.1 Å². The summed E-state index contributed by atoms with van der Waals surface area (Å²) in [5, 5.41) is 4.84. The van der Waals surface area contributed by atoms with E-state index >= 15 is 0 Å². The predicted octanol–water partition coefficient (Wildman–Crippen LogP) is 4.06. The molecule has 29 heavy (non-hydrogen) atoms. The van der Waals surface area contributed by atoms with E-state index < -0.39 is 0 Å². The number of morpholine rings is 1. The molecule has 3 aromatic rings. The van der Waals surface area contributed by atoms with Gasteiger partial charge in [0.2, 0.25) is 4.77 Å². The van der Waals surface area contributed by atoms with Crippen LogP contribution in [-0.4, -0.2) is 49.5 Å². The van der Waals surface area contributed by atoms with E-state index in [1.165, 1.54) is 12.1 Å². The molecule has 0 aliphatic carbocycles. The Morgan fingerprint density at radius 2 is 1.90 bits per heavy atom. The Morgan fingerprint density at radius 1 is 1.17 bits per heavy atom. The number of pyridine rings is 1. The molecule has 0 saturated carbocycles. The number of hydrogen-bond acceptors (Lipinski definition) is 5. The maximum atomic E-state index is 13.5. The first kappa shape index (κ1) is 19.9. The summed E-state index contributed by atoms with van der Waals surface area (Å²) in [7, 11) is 0. The predicted molar refractivity (Wildman–Crippen MR) is 112 cm³/mol. The zero-order valence-electron chi connectivity index (χ0n) is 16.5. The van der Waals surface area contributed by atoms with Crippen molar-refractivity contribution in [3.63, 3.8) is 0 Å². The number of nitrogens with zero attached hydrogens (tertiary/aromatic N) is 5. The van der Waals surface area contributed by atoms with Crippen molar-refractivity contribution in [2.24, 2.45) is 0 Å². The third kappa shape index (κ3) is 4.14. The molecular formula is C21H24FN5OS. The minimum absolute atomic E-state index is 0.172. The van der Waals surface area contributed by atoms with Crippen LogP contribution in [0.25, 0.3) is 17.1 Å². The third-order valence-electron chi connectivity index (χ3n) is 5.23. The van der Waals surface area contributed by atoms with Crippen molar-refractivity contribution in [1.82, 2.24) is 24.2 Å². The lowest BCUT2D eigenvalue weighted by Crippen LogP contribution is -2.49. The van der Waals surface area contributed by atoms with Crippen molar-refractivity contribution in [2.75, 3.05) is 13.2 Å². The molecular weight excluding hydrogens is 389 g/mol. The summed E-state index contributed by atoms with van der Waals surface area (Å²) in [5.41, 5.74) is 1.67. The summed E-state index contributed by atoms with van der Waals surface area (Å²) >= 11 is 5.80. The maximum Gasteiger partial charge on any atom is 0.204 e. The lowest BCUT2D eigenvalue weighted by molar-refractivity contribution is -0.0689. The smallest absolute Gasteiger partial charge is 0.204 e. The quantitative estimate of drug-likeness (QED) is 0.591. The van der Waals surface area contributed by atoms with E-state index in [9.17, 15) is 4.39 Å². The second-order valence-electron chi connectivity index (χ2n) is 7.27. The molecule has 1 aliphatic rings. The standard InChI is InChI=1S/C21H24FN5OS/c1-3-18-13-28-15(2)12-25(18)14-26-21(29)27(19-6-4-17(22)5-7-19)20(24-26)16-8-10-23-11-9-16/h4-11,15,18H,3,12-14H2,1-2H3/t15-,18+/m0/s1. The van der Waals surface area contributed by atoms with Crippen molar-refractivity contribution >= 4 is 12.2 Å². The molecule has 2 atom stereocenters. The zero-order chi connectivity index (χ0) is 20.4. The van der Waals surface area contributed by atoms with E-state index in [-0.39, 0.29) is 11.9 Å². The van der Waals surface area contributed by atoms with Crippen LogP contribution < -0.4 is 0 Å². The van der Waals surface area contributed by atoms with Gasteiger partial charge in [0.25, 0.3) is 0 Å². The first-order chi connectivity index (χ1) is 14.1. The summed E-state index contributed by atoms with van der Waals surface area (Å²) in [6.07, 6.45) is 4.62. The lowest BCUT2D eigenvalue weighted by Gasteiger charge is -2.37. The van der Waals surface area contributed by atoms with E-state index in [0.29, 0.717) is 29.9 Å². The van der Waals surface area contributed by atoms with E-state index in [2.05, 4.69) is 23.7 Å². The van der Waals surface area contributed by atoms with Gasteiger partial charge in [0.15, 0.2) is 5.82 Å². The van der Waals surface area contributed by atoms with Crippen LogP contribution >= 0.6 is 12.2 Å². The average molecular weight is 414 g/mol. The fourth-order valence-electron chi connectivity index (χ4n) is 3.64. The number of aromatic nitrogens is 4. The fraction of sp³-hybridized carbons (Fsp3) is 0.381. The Hall–Kier alpha value is -2.42. The van der Waals surface area contributed by atoms with Crippen molar-refractivity contribution in [2.45, 2.75) is 39.1 Å². The summed E-state index contributed by atoms with van der Waals surface area (Å²) in [4.78, 5) is 6.46. The van der Waals surface area contributed by atoms with Crippen LogP contribution in [-0.2, 0) is 11.4 Å². The summed E-state index contributed by atoms with van der Waals surface area (Å²) in [6.45, 7) is 6.36. The fourth-order valence-corrected chi connectivity index (χ4v) is 3.94. The minimum atomic E-state index is -0.286. The molecule has 1 aromatic carbocycles. The minimum Gasteiger partial charge on any atom is -0.376 e. The zero-order valence-corrected chi connectivity index (χ0v) is 17.3. The third-order valence-corrected chi connectivity index (χ3v) is 5.62. The number of benzene rings is 1. The van der Waals surface area contributed by atoms with E-state index in [1.54, 1.807) is 24.5 Å². The highest BCUT2D eigenvalue weighted by atomic mass is 32.1. The second kappa shape index (κ2) is 8.52. The molecule has 1 aliphatic heterocycles. The number of ether oxygens (including phenoxy) is 1. The van der Waals surface area contributed by atoms with Crippen molar-refractivity contribution < 1.29 is 9.13 Å². The molecule has 2 aromatic heterocycles. The van der Waals surface area contributed by atoms with E-state index in [1.807, 2.05) is 21.4 Å². The van der Waals surface area contributed by atoms with Crippen LogP contribution in [0.15, 0.2) is 48.8 Å². The van der Waals surface area contributed by atoms with E-state index in [0.717, 1.165) is 24.2 Å². The Balaban J connectivity index is 1.77. The average Bonchev–Trinajstić information content (AvgIpc) is 3.06. The molecule has 1 fully saturated rings. The van der Waals surface area contributed by atoms with Gasteiger partial charge in [0, 0.05) is 30.5 Å². The monoisotopic (exact) mass is 413 g/mol. The molecule has 6 nitrogen and oxygen atoms in total. The normalized spacial score (nSPS) is 20.1. The van der Waals surface area contributed by atoms with Gasteiger partial charge in [0.1, 0.15) is 5.82 Å². The van der Waals surface area contributed by atoms with Crippen molar-refractivity contribution in [1.29, 1.82) is 0 Å². The number of rotatable bonds is 5. The molecule has 3 heterocycles. The highest BCUT2D eigenvalue weighted by Crippen LogP contribution is 2.23. The Labute approximate surface area is 174 Å². The summed E-state index contributed by atoms with van der Waals surface area (Å²) < 4.78 is 23.6. The Kier molecular flexibility index (Phi) is 5.84. The number of hydrogen-bond donors (Lipinski definition) is 0. The number of halogens is 1. The van der Waals surface area contributed by atoms with Gasteiger partial charge in [-0.2, -0.15) is 0 Å². The molecule has 0 bridgehead atoms. The first-order valence-electron chi connectivity index (χ1n) is 9.78. The summed E-state index contributed by atoms with van der Waals surface area (Å²) in [6, 6.07) is 10.4. The molecule has 8 heteroatoms. The van der Waals surface area contributed by atoms with Crippen LogP contribution in [0.2, 0.25) is 0 Å². The Morgan fingerprint density at radius 3 is 2.59 bits per heavy atom. The van der Waals surface area contributed by atoms with Gasteiger partial charge in [0.05, 0.1) is 25.1 Å². The van der Waals surface area contributed by atoms with Gasteiger partial charge in [-0.3, -0.25) is 14.5 Å². The van der Waals surface area contributed by atoms with Gasteiger partial charge < -0.3 is 4.74 Å². The lowest BCUT2D eigenvalue weighted by atomic mass is 10.1. The van der Waals surface area contributed by atoms with Crippen LogP contribution in [0.4, 0.5) is 4.39 Å². The maximum absolute atomic E-state index is 13.5. The molecule has 0 N–H and O–H groups in total. The molecule has 152 valence electrons. The highest BCUT2D eigenvalue weighted by molar-refractivity contribution is 7.71. The van der Waals surface area contributed by atoms with Gasteiger partial charge in [-0.15, -0.1) is 5.10 Å². The molecule has 0 unspecified atom stereocenters. The van der Waals surface area contributed by atoms with Crippen LogP contribution in [0.5, 0.6) is 0 Å².